The standard InChI is InChI=1S/C19H14N4O5S/c24-11-7-5-10(6-8-11)23-18(28)14(9-15(25)26)29-19(23)22-21-16-12-3-1-2-4-13(12)20-17(16)27/h1-8,14,24H,9H2,(H,25,26)(H,20,21,27)/b22-19+. The van der Waals surface area contributed by atoms with Gasteiger partial charge in [0.1, 0.15) is 11.0 Å². The number of thioether (sulfide) groups is 1. The van der Waals surface area contributed by atoms with E-state index >= 15 is 0 Å². The van der Waals surface area contributed by atoms with Gasteiger partial charge >= 0.3 is 5.97 Å². The minimum absolute atomic E-state index is 0.0214. The van der Waals surface area contributed by atoms with Crippen LogP contribution in [0.3, 0.4) is 0 Å². The maximum Gasteiger partial charge on any atom is 0.305 e. The second kappa shape index (κ2) is 7.40. The number of carbonyl (C=O) groups is 3. The molecule has 2 aliphatic rings. The predicted molar refractivity (Wildman–Crippen MR) is 108 cm³/mol. The van der Waals surface area contributed by atoms with Gasteiger partial charge in [-0.2, -0.15) is 0 Å². The molecule has 146 valence electrons. The summed E-state index contributed by atoms with van der Waals surface area (Å²) in [6, 6.07) is 12.8. The molecule has 0 aliphatic carbocycles. The first-order valence-electron chi connectivity index (χ1n) is 8.52. The summed E-state index contributed by atoms with van der Waals surface area (Å²) >= 11 is 0.964. The molecule has 10 heteroatoms. The Morgan fingerprint density at radius 1 is 1.10 bits per heavy atom. The second-order valence-corrected chi connectivity index (χ2v) is 7.40. The fraction of sp³-hybridized carbons (Fsp3) is 0.105. The van der Waals surface area contributed by atoms with Gasteiger partial charge in [0.25, 0.3) is 5.91 Å². The second-order valence-electron chi connectivity index (χ2n) is 6.23. The van der Waals surface area contributed by atoms with Gasteiger partial charge < -0.3 is 15.5 Å². The van der Waals surface area contributed by atoms with Crippen molar-refractivity contribution in [3.63, 3.8) is 0 Å². The molecule has 9 nitrogen and oxygen atoms in total. The number of carboxylic acid groups (broad SMARTS) is 1. The van der Waals surface area contributed by atoms with Crippen molar-refractivity contribution in [2.24, 2.45) is 10.2 Å². The molecule has 0 spiro atoms. The van der Waals surface area contributed by atoms with Gasteiger partial charge in [-0.1, -0.05) is 30.0 Å². The third kappa shape index (κ3) is 3.57. The molecular formula is C19H14N4O5S. The lowest BCUT2D eigenvalue weighted by Gasteiger charge is -2.15. The van der Waals surface area contributed by atoms with Crippen molar-refractivity contribution in [3.8, 4) is 5.75 Å². The number of benzene rings is 2. The molecule has 2 aliphatic heterocycles. The lowest BCUT2D eigenvalue weighted by molar-refractivity contribution is -0.138. The van der Waals surface area contributed by atoms with Gasteiger partial charge in [-0.15, -0.1) is 10.2 Å². The molecule has 1 unspecified atom stereocenters. The third-order valence-electron chi connectivity index (χ3n) is 4.28. The van der Waals surface area contributed by atoms with Crippen LogP contribution in [-0.4, -0.2) is 44.1 Å². The Morgan fingerprint density at radius 3 is 2.55 bits per heavy atom. The number of nitrogens with zero attached hydrogens (tertiary/aromatic N) is 3. The van der Waals surface area contributed by atoms with Crippen LogP contribution in [0, 0.1) is 0 Å². The summed E-state index contributed by atoms with van der Waals surface area (Å²) in [5.74, 6) is -1.97. The van der Waals surface area contributed by atoms with Gasteiger partial charge in [0.15, 0.2) is 10.9 Å². The number of hydrogen-bond acceptors (Lipinski definition) is 7. The zero-order chi connectivity index (χ0) is 20.5. The fourth-order valence-corrected chi connectivity index (χ4v) is 4.03. The van der Waals surface area contributed by atoms with E-state index in [-0.39, 0.29) is 23.0 Å². The number of para-hydroxylation sites is 1. The largest absolute Gasteiger partial charge is 0.508 e. The minimum Gasteiger partial charge on any atom is -0.508 e. The SMILES string of the molecule is O=C(O)CC1S/C(=N/N=C2/C(=O)Nc3ccccc32)N(c2ccc(O)cc2)C1=O. The molecule has 2 aromatic rings. The topological polar surface area (TPSA) is 132 Å². The molecule has 4 rings (SSSR count). The number of hydrogen-bond donors (Lipinski definition) is 3. The van der Waals surface area contributed by atoms with Gasteiger partial charge in [-0.3, -0.25) is 19.3 Å². The van der Waals surface area contributed by atoms with E-state index in [1.807, 2.05) is 0 Å². The molecule has 0 aromatic heterocycles. The van der Waals surface area contributed by atoms with E-state index in [0.717, 1.165) is 11.8 Å². The summed E-state index contributed by atoms with van der Waals surface area (Å²) in [5.41, 5.74) is 1.72. The van der Waals surface area contributed by atoms with Crippen LogP contribution in [0.5, 0.6) is 5.75 Å². The van der Waals surface area contributed by atoms with E-state index in [1.54, 1.807) is 24.3 Å². The lowest BCUT2D eigenvalue weighted by atomic mass is 10.1. The molecule has 2 amide bonds. The molecule has 0 bridgehead atoms. The molecule has 29 heavy (non-hydrogen) atoms. The first-order chi connectivity index (χ1) is 13.9. The summed E-state index contributed by atoms with van der Waals surface area (Å²) in [7, 11) is 0. The predicted octanol–water partition coefficient (Wildman–Crippen LogP) is 2.03. The van der Waals surface area contributed by atoms with Crippen molar-refractivity contribution in [3.05, 3.63) is 54.1 Å². The number of aromatic hydroxyl groups is 1. The third-order valence-corrected chi connectivity index (χ3v) is 5.41. The average molecular weight is 410 g/mol. The van der Waals surface area contributed by atoms with Crippen LogP contribution in [0.2, 0.25) is 0 Å². The Kier molecular flexibility index (Phi) is 4.77. The average Bonchev–Trinajstić information content (AvgIpc) is 3.16. The number of amides is 2. The van der Waals surface area contributed by atoms with Crippen molar-refractivity contribution in [2.75, 3.05) is 10.2 Å². The van der Waals surface area contributed by atoms with Crippen LogP contribution >= 0.6 is 11.8 Å². The van der Waals surface area contributed by atoms with E-state index in [2.05, 4.69) is 15.5 Å². The van der Waals surface area contributed by atoms with Crippen molar-refractivity contribution >= 4 is 51.8 Å². The molecule has 0 saturated carbocycles. The van der Waals surface area contributed by atoms with Gasteiger partial charge in [-0.05, 0) is 30.3 Å². The monoisotopic (exact) mass is 410 g/mol. The van der Waals surface area contributed by atoms with Crippen LogP contribution in [-0.2, 0) is 14.4 Å². The number of anilines is 2. The smallest absolute Gasteiger partial charge is 0.305 e. The fourth-order valence-electron chi connectivity index (χ4n) is 2.96. The Hall–Kier alpha value is -3.66. The highest BCUT2D eigenvalue weighted by Gasteiger charge is 2.40. The highest BCUT2D eigenvalue weighted by atomic mass is 32.2. The van der Waals surface area contributed by atoms with Crippen molar-refractivity contribution < 1.29 is 24.6 Å². The Labute approximate surface area is 168 Å². The molecule has 1 saturated heterocycles. The number of carboxylic acids is 1. The maximum atomic E-state index is 12.8. The van der Waals surface area contributed by atoms with Crippen LogP contribution in [0.25, 0.3) is 0 Å². The van der Waals surface area contributed by atoms with Crippen molar-refractivity contribution in [1.82, 2.24) is 0 Å². The van der Waals surface area contributed by atoms with Crippen molar-refractivity contribution in [2.45, 2.75) is 11.7 Å². The van der Waals surface area contributed by atoms with E-state index in [1.165, 1.54) is 29.2 Å². The van der Waals surface area contributed by atoms with Gasteiger partial charge in [-0.25, -0.2) is 0 Å². The number of phenols is 1. The first kappa shape index (κ1) is 18.7. The molecular weight excluding hydrogens is 396 g/mol. The van der Waals surface area contributed by atoms with Crippen LogP contribution in [0.15, 0.2) is 58.7 Å². The number of fused-ring (bicyclic) bond motifs is 1. The summed E-state index contributed by atoms with van der Waals surface area (Å²) in [5, 5.41) is 28.7. The number of aliphatic carboxylic acids is 1. The summed E-state index contributed by atoms with van der Waals surface area (Å²) in [6.45, 7) is 0. The molecule has 2 heterocycles. The van der Waals surface area contributed by atoms with Crippen molar-refractivity contribution in [1.29, 1.82) is 0 Å². The summed E-state index contributed by atoms with van der Waals surface area (Å²) in [4.78, 5) is 37.3. The van der Waals surface area contributed by atoms with E-state index in [4.69, 9.17) is 5.11 Å². The van der Waals surface area contributed by atoms with E-state index in [9.17, 15) is 19.5 Å². The number of rotatable bonds is 4. The number of nitrogens with one attached hydrogen (secondary N) is 1. The lowest BCUT2D eigenvalue weighted by Crippen LogP contribution is -2.32. The highest BCUT2D eigenvalue weighted by Crippen LogP contribution is 2.34. The molecule has 1 fully saturated rings. The van der Waals surface area contributed by atoms with Crippen LogP contribution < -0.4 is 10.2 Å². The highest BCUT2D eigenvalue weighted by molar-refractivity contribution is 8.16. The first-order valence-corrected chi connectivity index (χ1v) is 9.40. The van der Waals surface area contributed by atoms with E-state index < -0.39 is 23.0 Å². The van der Waals surface area contributed by atoms with Gasteiger partial charge in [0.2, 0.25) is 5.91 Å². The van der Waals surface area contributed by atoms with Gasteiger partial charge in [0.05, 0.1) is 17.8 Å². The maximum absolute atomic E-state index is 12.8. The van der Waals surface area contributed by atoms with E-state index in [0.29, 0.717) is 16.9 Å². The van der Waals surface area contributed by atoms with Crippen LogP contribution in [0.4, 0.5) is 11.4 Å². The summed E-state index contributed by atoms with van der Waals surface area (Å²) in [6.07, 6.45) is -0.378. The Morgan fingerprint density at radius 2 is 1.83 bits per heavy atom. The minimum atomic E-state index is -1.11. The number of amidine groups is 1. The van der Waals surface area contributed by atoms with Crippen LogP contribution in [0.1, 0.15) is 12.0 Å². The zero-order valence-electron chi connectivity index (χ0n) is 14.8. The Bertz CT molecular complexity index is 1080. The molecule has 0 radical (unpaired) electrons. The van der Waals surface area contributed by atoms with Gasteiger partial charge in [0, 0.05) is 5.56 Å². The molecule has 3 N–H and O–H groups in total. The number of phenolic OH excluding ortho intramolecular Hbond substituents is 1. The Balaban J connectivity index is 1.73. The number of carbonyl (C=O) groups excluding carboxylic acids is 2. The zero-order valence-corrected chi connectivity index (χ0v) is 15.6. The summed E-state index contributed by atoms with van der Waals surface area (Å²) < 4.78 is 0. The molecule has 1 atom stereocenters. The molecule has 2 aromatic carbocycles. The normalized spacial score (nSPS) is 21.0. The quantitative estimate of drug-likeness (QED) is 0.661.